The van der Waals surface area contributed by atoms with Gasteiger partial charge in [0.15, 0.2) is 0 Å². The molecule has 0 radical (unpaired) electrons. The second-order valence-corrected chi connectivity index (χ2v) is 5.95. The van der Waals surface area contributed by atoms with E-state index in [0.717, 1.165) is 6.42 Å². The summed E-state index contributed by atoms with van der Waals surface area (Å²) in [5.74, 6) is 0.0691. The van der Waals surface area contributed by atoms with Crippen LogP contribution in [0.2, 0.25) is 0 Å². The number of hydrogen-bond donors (Lipinski definition) is 2. The Kier molecular flexibility index (Phi) is 4.55. The van der Waals surface area contributed by atoms with E-state index in [2.05, 4.69) is 38.3 Å². The molecule has 1 saturated carbocycles. The Morgan fingerprint density at radius 3 is 2.29 bits per heavy atom. The van der Waals surface area contributed by atoms with Crippen molar-refractivity contribution in [3.8, 4) is 0 Å². The highest BCUT2D eigenvalue weighted by molar-refractivity contribution is 5.78. The molecule has 0 aromatic carbocycles. The highest BCUT2D eigenvalue weighted by atomic mass is 16.5. The molecule has 2 N–H and O–H groups in total. The van der Waals surface area contributed by atoms with Crippen molar-refractivity contribution in [1.82, 2.24) is 10.6 Å². The molecule has 17 heavy (non-hydrogen) atoms. The number of ether oxygens (including phenoxy) is 1. The highest BCUT2D eigenvalue weighted by Crippen LogP contribution is 2.62. The average molecular weight is 242 g/mol. The Balaban J connectivity index is 2.14. The van der Waals surface area contributed by atoms with E-state index in [-0.39, 0.29) is 16.7 Å². The molecule has 0 unspecified atom stereocenters. The zero-order valence-electron chi connectivity index (χ0n) is 11.7. The molecule has 1 rings (SSSR count). The first kappa shape index (κ1) is 14.5. The second-order valence-electron chi connectivity index (χ2n) is 5.95. The van der Waals surface area contributed by atoms with Gasteiger partial charge in [-0.1, -0.05) is 27.7 Å². The molecule has 0 spiro atoms. The molecule has 0 aromatic rings. The van der Waals surface area contributed by atoms with Crippen LogP contribution in [0, 0.1) is 10.8 Å². The van der Waals surface area contributed by atoms with Crippen LogP contribution < -0.4 is 10.6 Å². The number of hydrogen-bond acceptors (Lipinski definition) is 3. The van der Waals surface area contributed by atoms with E-state index < -0.39 is 0 Å². The Hall–Kier alpha value is -0.610. The minimum absolute atomic E-state index is 0.0691. The Labute approximate surface area is 104 Å². The lowest BCUT2D eigenvalue weighted by atomic mass is 10.0. The predicted octanol–water partition coefficient (Wildman–Crippen LogP) is 1.16. The Morgan fingerprint density at radius 1 is 1.24 bits per heavy atom. The van der Waals surface area contributed by atoms with Crippen LogP contribution in [0.15, 0.2) is 0 Å². The largest absolute Gasteiger partial charge is 0.385 e. The molecule has 0 aliphatic heterocycles. The van der Waals surface area contributed by atoms with E-state index in [1.165, 1.54) is 0 Å². The molecule has 0 heterocycles. The maximum absolute atomic E-state index is 11.5. The molecule has 0 aromatic heterocycles. The van der Waals surface area contributed by atoms with Gasteiger partial charge in [-0.25, -0.2) is 0 Å². The van der Waals surface area contributed by atoms with Crippen molar-refractivity contribution in [3.63, 3.8) is 0 Å². The maximum Gasteiger partial charge on any atom is 0.233 e. The molecule has 1 fully saturated rings. The van der Waals surface area contributed by atoms with Gasteiger partial charge in [-0.3, -0.25) is 4.79 Å². The standard InChI is InChI=1S/C13H26N2O2/c1-12(2)11(13(12,3)4)15-9-10(16)14-7-6-8-17-5/h11,15H,6-9H2,1-5H3,(H,14,16). The van der Waals surface area contributed by atoms with Crippen molar-refractivity contribution in [2.75, 3.05) is 26.8 Å². The summed E-state index contributed by atoms with van der Waals surface area (Å²) in [4.78, 5) is 11.5. The summed E-state index contributed by atoms with van der Waals surface area (Å²) in [5.41, 5.74) is 0.562. The summed E-state index contributed by atoms with van der Waals surface area (Å²) in [7, 11) is 1.67. The third-order valence-corrected chi connectivity index (χ3v) is 4.33. The first-order valence-electron chi connectivity index (χ1n) is 6.33. The van der Waals surface area contributed by atoms with E-state index >= 15 is 0 Å². The van der Waals surface area contributed by atoms with E-state index in [1.54, 1.807) is 7.11 Å². The van der Waals surface area contributed by atoms with Crippen LogP contribution in [-0.4, -0.2) is 38.8 Å². The van der Waals surface area contributed by atoms with Gasteiger partial charge in [-0.2, -0.15) is 0 Å². The lowest BCUT2D eigenvalue weighted by Gasteiger charge is -2.07. The zero-order chi connectivity index (χ0) is 13.1. The lowest BCUT2D eigenvalue weighted by Crippen LogP contribution is -2.37. The number of rotatable bonds is 7. The zero-order valence-corrected chi connectivity index (χ0v) is 11.7. The number of carbonyl (C=O) groups excluding carboxylic acids is 1. The summed E-state index contributed by atoms with van der Waals surface area (Å²) in [6, 6.07) is 0.430. The molecule has 4 nitrogen and oxygen atoms in total. The summed E-state index contributed by atoms with van der Waals surface area (Å²) in [6.07, 6.45) is 0.864. The van der Waals surface area contributed by atoms with Crippen LogP contribution in [0.4, 0.5) is 0 Å². The van der Waals surface area contributed by atoms with Crippen molar-refractivity contribution in [2.24, 2.45) is 10.8 Å². The average Bonchev–Trinajstić information content (AvgIpc) is 2.62. The van der Waals surface area contributed by atoms with Gasteiger partial charge in [0, 0.05) is 26.3 Å². The molecule has 1 aliphatic rings. The van der Waals surface area contributed by atoms with Crippen LogP contribution in [0.3, 0.4) is 0 Å². The van der Waals surface area contributed by atoms with Gasteiger partial charge >= 0.3 is 0 Å². The van der Waals surface area contributed by atoms with Crippen molar-refractivity contribution < 1.29 is 9.53 Å². The third-order valence-electron chi connectivity index (χ3n) is 4.33. The van der Waals surface area contributed by atoms with E-state index in [0.29, 0.717) is 25.7 Å². The van der Waals surface area contributed by atoms with Crippen LogP contribution >= 0.6 is 0 Å². The quantitative estimate of drug-likeness (QED) is 0.659. The van der Waals surface area contributed by atoms with Gasteiger partial charge in [0.1, 0.15) is 0 Å². The second kappa shape index (κ2) is 5.36. The number of carbonyl (C=O) groups is 1. The van der Waals surface area contributed by atoms with Gasteiger partial charge in [-0.15, -0.1) is 0 Å². The van der Waals surface area contributed by atoms with E-state index in [1.807, 2.05) is 0 Å². The summed E-state index contributed by atoms with van der Waals surface area (Å²) in [5, 5.41) is 6.21. The van der Waals surface area contributed by atoms with Crippen LogP contribution in [0.1, 0.15) is 34.1 Å². The fourth-order valence-corrected chi connectivity index (χ4v) is 2.41. The summed E-state index contributed by atoms with van der Waals surface area (Å²) >= 11 is 0. The first-order valence-corrected chi connectivity index (χ1v) is 6.33. The topological polar surface area (TPSA) is 50.4 Å². The van der Waals surface area contributed by atoms with Gasteiger partial charge < -0.3 is 15.4 Å². The molecule has 1 amide bonds. The Morgan fingerprint density at radius 2 is 1.82 bits per heavy atom. The van der Waals surface area contributed by atoms with Crippen molar-refractivity contribution in [2.45, 2.75) is 40.2 Å². The number of nitrogens with one attached hydrogen (secondary N) is 2. The van der Waals surface area contributed by atoms with Crippen molar-refractivity contribution in [3.05, 3.63) is 0 Å². The Bertz CT molecular complexity index is 261. The van der Waals surface area contributed by atoms with Crippen LogP contribution in [0.25, 0.3) is 0 Å². The van der Waals surface area contributed by atoms with Crippen LogP contribution in [-0.2, 0) is 9.53 Å². The maximum atomic E-state index is 11.5. The van der Waals surface area contributed by atoms with Gasteiger partial charge in [-0.05, 0) is 17.3 Å². The first-order chi connectivity index (χ1) is 7.84. The fourth-order valence-electron chi connectivity index (χ4n) is 2.41. The monoisotopic (exact) mass is 242 g/mol. The van der Waals surface area contributed by atoms with Crippen LogP contribution in [0.5, 0.6) is 0 Å². The molecular weight excluding hydrogens is 216 g/mol. The number of amides is 1. The third kappa shape index (κ3) is 3.19. The lowest BCUT2D eigenvalue weighted by molar-refractivity contribution is -0.120. The highest BCUT2D eigenvalue weighted by Gasteiger charge is 2.64. The van der Waals surface area contributed by atoms with Gasteiger partial charge in [0.2, 0.25) is 5.91 Å². The summed E-state index contributed by atoms with van der Waals surface area (Å²) < 4.78 is 4.92. The minimum Gasteiger partial charge on any atom is -0.385 e. The molecule has 1 aliphatic carbocycles. The summed E-state index contributed by atoms with van der Waals surface area (Å²) in [6.45, 7) is 10.7. The molecular formula is C13H26N2O2. The van der Waals surface area contributed by atoms with E-state index in [4.69, 9.17) is 4.74 Å². The molecule has 0 saturated heterocycles. The molecule has 100 valence electrons. The fraction of sp³-hybridized carbons (Fsp3) is 0.923. The molecule has 0 atom stereocenters. The number of methoxy groups -OCH3 is 1. The van der Waals surface area contributed by atoms with Gasteiger partial charge in [0.25, 0.3) is 0 Å². The smallest absolute Gasteiger partial charge is 0.233 e. The van der Waals surface area contributed by atoms with E-state index in [9.17, 15) is 4.79 Å². The molecule has 4 heteroatoms. The van der Waals surface area contributed by atoms with Crippen molar-refractivity contribution in [1.29, 1.82) is 0 Å². The molecule has 0 bridgehead atoms. The predicted molar refractivity (Wildman–Crippen MR) is 68.9 cm³/mol. The normalized spacial score (nSPS) is 21.2. The SMILES string of the molecule is COCCCNC(=O)CNC1C(C)(C)C1(C)C. The minimum atomic E-state index is 0.0691. The van der Waals surface area contributed by atoms with Crippen molar-refractivity contribution >= 4 is 5.91 Å². The van der Waals surface area contributed by atoms with Gasteiger partial charge in [0.05, 0.1) is 6.54 Å².